The van der Waals surface area contributed by atoms with Crippen LogP contribution in [0.15, 0.2) is 18.2 Å². The zero-order valence-corrected chi connectivity index (χ0v) is 10.4. The van der Waals surface area contributed by atoms with Crippen LogP contribution in [-0.2, 0) is 11.2 Å². The van der Waals surface area contributed by atoms with Gasteiger partial charge >= 0.3 is 5.97 Å². The number of aliphatic carboxylic acids is 1. The van der Waals surface area contributed by atoms with Crippen LogP contribution in [0.3, 0.4) is 0 Å². The molecule has 0 saturated heterocycles. The number of methoxy groups -OCH3 is 1. The summed E-state index contributed by atoms with van der Waals surface area (Å²) in [5, 5.41) is 9.30. The van der Waals surface area contributed by atoms with Crippen molar-refractivity contribution in [2.45, 2.75) is 25.3 Å². The number of carboxylic acids is 1. The number of nitrogens with two attached hydrogens (primary N) is 1. The highest BCUT2D eigenvalue weighted by atomic mass is 35.5. The van der Waals surface area contributed by atoms with Crippen LogP contribution in [0, 0.1) is 0 Å². The fraction of sp³-hybridized carbons (Fsp3) is 0.417. The van der Waals surface area contributed by atoms with E-state index < -0.39 is 12.0 Å². The number of hydrogen-bond donors (Lipinski definition) is 2. The molecule has 5 heteroatoms. The van der Waals surface area contributed by atoms with Gasteiger partial charge in [-0.1, -0.05) is 11.6 Å². The monoisotopic (exact) mass is 257 g/mol. The van der Waals surface area contributed by atoms with E-state index in [9.17, 15) is 4.79 Å². The highest BCUT2D eigenvalue weighted by Crippen LogP contribution is 2.24. The van der Waals surface area contributed by atoms with Gasteiger partial charge in [-0.2, -0.15) is 0 Å². The van der Waals surface area contributed by atoms with E-state index in [1.54, 1.807) is 19.2 Å². The number of ether oxygens (including phenoxy) is 1. The van der Waals surface area contributed by atoms with Gasteiger partial charge < -0.3 is 15.6 Å². The fourth-order valence-corrected chi connectivity index (χ4v) is 1.77. The van der Waals surface area contributed by atoms with Gasteiger partial charge in [0.2, 0.25) is 0 Å². The number of benzene rings is 1. The van der Waals surface area contributed by atoms with Crippen LogP contribution in [-0.4, -0.2) is 24.2 Å². The summed E-state index contributed by atoms with van der Waals surface area (Å²) in [5.74, 6) is -0.207. The summed E-state index contributed by atoms with van der Waals surface area (Å²) < 4.78 is 5.20. The van der Waals surface area contributed by atoms with Crippen LogP contribution >= 0.6 is 11.6 Å². The SMILES string of the molecule is COc1ccc(Cl)cc1CCCC(N)C(=O)O. The lowest BCUT2D eigenvalue weighted by Crippen LogP contribution is -2.29. The molecule has 0 radical (unpaired) electrons. The smallest absolute Gasteiger partial charge is 0.320 e. The van der Waals surface area contributed by atoms with Crippen LogP contribution < -0.4 is 10.5 Å². The molecular formula is C12H16ClNO3. The van der Waals surface area contributed by atoms with Gasteiger partial charge in [0.25, 0.3) is 0 Å². The van der Waals surface area contributed by atoms with Crippen LogP contribution in [0.1, 0.15) is 18.4 Å². The Balaban J connectivity index is 2.56. The molecule has 17 heavy (non-hydrogen) atoms. The highest BCUT2D eigenvalue weighted by Gasteiger charge is 2.11. The lowest BCUT2D eigenvalue weighted by molar-refractivity contribution is -0.138. The van der Waals surface area contributed by atoms with Gasteiger partial charge in [0.15, 0.2) is 0 Å². The molecule has 0 aliphatic rings. The number of rotatable bonds is 6. The first-order valence-corrected chi connectivity index (χ1v) is 5.73. The normalized spacial score (nSPS) is 12.2. The molecular weight excluding hydrogens is 242 g/mol. The van der Waals surface area contributed by atoms with E-state index in [1.165, 1.54) is 0 Å². The number of aryl methyl sites for hydroxylation is 1. The number of hydrogen-bond acceptors (Lipinski definition) is 3. The van der Waals surface area contributed by atoms with E-state index >= 15 is 0 Å². The molecule has 0 bridgehead atoms. The third kappa shape index (κ3) is 4.24. The first kappa shape index (κ1) is 13.8. The van der Waals surface area contributed by atoms with E-state index in [0.29, 0.717) is 24.3 Å². The van der Waals surface area contributed by atoms with Crippen molar-refractivity contribution in [2.24, 2.45) is 5.73 Å². The standard InChI is InChI=1S/C12H16ClNO3/c1-17-11-6-5-9(13)7-8(11)3-2-4-10(14)12(15)16/h5-7,10H,2-4,14H2,1H3,(H,15,16). The first-order valence-electron chi connectivity index (χ1n) is 5.35. The molecule has 0 saturated carbocycles. The summed E-state index contributed by atoms with van der Waals surface area (Å²) in [5.41, 5.74) is 6.39. The summed E-state index contributed by atoms with van der Waals surface area (Å²) in [4.78, 5) is 10.5. The number of halogens is 1. The average Bonchev–Trinajstić information content (AvgIpc) is 2.29. The number of carbonyl (C=O) groups is 1. The van der Waals surface area contributed by atoms with E-state index in [1.807, 2.05) is 6.07 Å². The van der Waals surface area contributed by atoms with Crippen molar-refractivity contribution in [1.29, 1.82) is 0 Å². The van der Waals surface area contributed by atoms with E-state index in [4.69, 9.17) is 27.2 Å². The summed E-state index contributed by atoms with van der Waals surface area (Å²) in [6.07, 6.45) is 1.82. The molecule has 0 amide bonds. The summed E-state index contributed by atoms with van der Waals surface area (Å²) in [6, 6.07) is 4.58. The maximum atomic E-state index is 10.5. The van der Waals surface area contributed by atoms with E-state index in [-0.39, 0.29) is 0 Å². The van der Waals surface area contributed by atoms with Crippen molar-refractivity contribution in [3.63, 3.8) is 0 Å². The van der Waals surface area contributed by atoms with Crippen molar-refractivity contribution in [3.8, 4) is 5.75 Å². The van der Waals surface area contributed by atoms with Gasteiger partial charge in [-0.3, -0.25) is 4.79 Å². The van der Waals surface area contributed by atoms with E-state index in [2.05, 4.69) is 0 Å². The minimum atomic E-state index is -0.969. The lowest BCUT2D eigenvalue weighted by Gasteiger charge is -2.10. The molecule has 0 aliphatic heterocycles. The largest absolute Gasteiger partial charge is 0.496 e. The topological polar surface area (TPSA) is 72.5 Å². The van der Waals surface area contributed by atoms with Gasteiger partial charge in [0, 0.05) is 5.02 Å². The fourth-order valence-electron chi connectivity index (χ4n) is 1.58. The average molecular weight is 258 g/mol. The van der Waals surface area contributed by atoms with Crippen molar-refractivity contribution in [3.05, 3.63) is 28.8 Å². The quantitative estimate of drug-likeness (QED) is 0.818. The second kappa shape index (κ2) is 6.47. The molecule has 94 valence electrons. The second-order valence-electron chi connectivity index (χ2n) is 3.79. The Hall–Kier alpha value is -1.26. The summed E-state index contributed by atoms with van der Waals surface area (Å²) >= 11 is 5.89. The minimum absolute atomic E-state index is 0.436. The van der Waals surface area contributed by atoms with Crippen LogP contribution in [0.5, 0.6) is 5.75 Å². The molecule has 1 atom stereocenters. The minimum Gasteiger partial charge on any atom is -0.496 e. The highest BCUT2D eigenvalue weighted by molar-refractivity contribution is 6.30. The Bertz CT molecular complexity index is 395. The second-order valence-corrected chi connectivity index (χ2v) is 4.23. The van der Waals surface area contributed by atoms with Gasteiger partial charge in [0.1, 0.15) is 11.8 Å². The third-order valence-corrected chi connectivity index (χ3v) is 2.76. The van der Waals surface area contributed by atoms with Crippen LogP contribution in [0.4, 0.5) is 0 Å². The first-order chi connectivity index (χ1) is 8.04. The molecule has 1 unspecified atom stereocenters. The van der Waals surface area contributed by atoms with Crippen LogP contribution in [0.25, 0.3) is 0 Å². The molecule has 3 N–H and O–H groups in total. The van der Waals surface area contributed by atoms with Gasteiger partial charge in [0.05, 0.1) is 7.11 Å². The predicted molar refractivity (Wildman–Crippen MR) is 66.6 cm³/mol. The Kier molecular flexibility index (Phi) is 5.25. The van der Waals surface area contributed by atoms with Gasteiger partial charge in [-0.25, -0.2) is 0 Å². The molecule has 1 aromatic carbocycles. The van der Waals surface area contributed by atoms with Crippen molar-refractivity contribution >= 4 is 17.6 Å². The maximum absolute atomic E-state index is 10.5. The molecule has 1 aromatic rings. The predicted octanol–water partition coefficient (Wildman–Crippen LogP) is 2.08. The Morgan fingerprint density at radius 1 is 1.59 bits per heavy atom. The Morgan fingerprint density at radius 2 is 2.29 bits per heavy atom. The molecule has 0 aliphatic carbocycles. The Morgan fingerprint density at radius 3 is 2.88 bits per heavy atom. The third-order valence-electron chi connectivity index (χ3n) is 2.52. The van der Waals surface area contributed by atoms with E-state index in [0.717, 1.165) is 11.3 Å². The zero-order valence-electron chi connectivity index (χ0n) is 9.65. The molecule has 1 rings (SSSR count). The summed E-state index contributed by atoms with van der Waals surface area (Å²) in [6.45, 7) is 0. The van der Waals surface area contributed by atoms with Crippen molar-refractivity contribution < 1.29 is 14.6 Å². The molecule has 0 fully saturated rings. The van der Waals surface area contributed by atoms with Crippen LogP contribution in [0.2, 0.25) is 5.02 Å². The van der Waals surface area contributed by atoms with Gasteiger partial charge in [-0.05, 0) is 43.0 Å². The van der Waals surface area contributed by atoms with Crippen molar-refractivity contribution in [1.82, 2.24) is 0 Å². The van der Waals surface area contributed by atoms with Crippen molar-refractivity contribution in [2.75, 3.05) is 7.11 Å². The maximum Gasteiger partial charge on any atom is 0.320 e. The zero-order chi connectivity index (χ0) is 12.8. The summed E-state index contributed by atoms with van der Waals surface area (Å²) in [7, 11) is 1.59. The molecule has 0 heterocycles. The molecule has 4 nitrogen and oxygen atoms in total. The molecule has 0 spiro atoms. The number of carboxylic acid groups (broad SMARTS) is 1. The Labute approximate surface area is 105 Å². The molecule has 0 aromatic heterocycles. The van der Waals surface area contributed by atoms with Gasteiger partial charge in [-0.15, -0.1) is 0 Å². The lowest BCUT2D eigenvalue weighted by atomic mass is 10.0.